The van der Waals surface area contributed by atoms with Crippen LogP contribution >= 0.6 is 12.4 Å². The highest BCUT2D eigenvalue weighted by atomic mass is 35.5. The van der Waals surface area contributed by atoms with Crippen LogP contribution in [0.15, 0.2) is 0 Å². The molecular weight excluding hydrogens is 260 g/mol. The maximum absolute atomic E-state index is 12.3. The second-order valence-electron chi connectivity index (χ2n) is 6.17. The van der Waals surface area contributed by atoms with Crippen molar-refractivity contribution >= 4 is 18.3 Å². The molecule has 0 unspecified atom stereocenters. The minimum Gasteiger partial charge on any atom is -0.342 e. The highest BCUT2D eigenvalue weighted by molar-refractivity contribution is 5.85. The highest BCUT2D eigenvalue weighted by Gasteiger charge is 2.37. The van der Waals surface area contributed by atoms with Crippen LogP contribution in [0.25, 0.3) is 0 Å². The molecule has 0 bridgehead atoms. The van der Waals surface area contributed by atoms with Gasteiger partial charge in [0.15, 0.2) is 0 Å². The standard InChI is InChI=1S/C15H28N2O.ClH/c1-3-15(4-2)7-10-17(12-15)14(18)11-13-5-8-16-9-6-13;/h13,16H,3-12H2,1-2H3;1H. The molecule has 0 aromatic rings. The molecule has 0 aromatic carbocycles. The van der Waals surface area contributed by atoms with Gasteiger partial charge in [-0.2, -0.15) is 0 Å². The Hall–Kier alpha value is -0.280. The van der Waals surface area contributed by atoms with Gasteiger partial charge in [-0.05, 0) is 56.5 Å². The zero-order valence-electron chi connectivity index (χ0n) is 12.4. The summed E-state index contributed by atoms with van der Waals surface area (Å²) in [5.74, 6) is 1.03. The van der Waals surface area contributed by atoms with Gasteiger partial charge in [0.05, 0.1) is 0 Å². The van der Waals surface area contributed by atoms with E-state index in [0.717, 1.165) is 32.6 Å². The zero-order valence-corrected chi connectivity index (χ0v) is 13.2. The fraction of sp³-hybridized carbons (Fsp3) is 0.933. The maximum Gasteiger partial charge on any atom is 0.222 e. The van der Waals surface area contributed by atoms with E-state index >= 15 is 0 Å². The lowest BCUT2D eigenvalue weighted by Gasteiger charge is -2.28. The fourth-order valence-electron chi connectivity index (χ4n) is 3.44. The molecule has 0 radical (unpaired) electrons. The second kappa shape index (κ2) is 7.49. The van der Waals surface area contributed by atoms with Crippen LogP contribution in [0.2, 0.25) is 0 Å². The number of nitrogens with one attached hydrogen (secondary N) is 1. The van der Waals surface area contributed by atoms with E-state index in [4.69, 9.17) is 0 Å². The highest BCUT2D eigenvalue weighted by Crippen LogP contribution is 2.37. The molecule has 2 fully saturated rings. The summed E-state index contributed by atoms with van der Waals surface area (Å²) in [5, 5.41) is 3.36. The van der Waals surface area contributed by atoms with E-state index < -0.39 is 0 Å². The molecule has 0 saturated carbocycles. The van der Waals surface area contributed by atoms with Gasteiger partial charge in [0, 0.05) is 19.5 Å². The van der Waals surface area contributed by atoms with Crippen LogP contribution in [0.1, 0.15) is 52.4 Å². The molecule has 0 atom stereocenters. The van der Waals surface area contributed by atoms with Crippen molar-refractivity contribution in [2.75, 3.05) is 26.2 Å². The lowest BCUT2D eigenvalue weighted by Crippen LogP contribution is -2.35. The van der Waals surface area contributed by atoms with E-state index in [1.54, 1.807) is 0 Å². The van der Waals surface area contributed by atoms with Crippen LogP contribution in [-0.2, 0) is 4.79 Å². The molecule has 2 saturated heterocycles. The minimum absolute atomic E-state index is 0. The van der Waals surface area contributed by atoms with E-state index in [2.05, 4.69) is 24.1 Å². The Bertz CT molecular complexity index is 286. The van der Waals surface area contributed by atoms with Crippen LogP contribution in [0.5, 0.6) is 0 Å². The Morgan fingerprint density at radius 3 is 2.42 bits per heavy atom. The fourth-order valence-corrected chi connectivity index (χ4v) is 3.44. The van der Waals surface area contributed by atoms with E-state index in [1.807, 2.05) is 0 Å². The first-order valence-electron chi connectivity index (χ1n) is 7.67. The molecule has 112 valence electrons. The van der Waals surface area contributed by atoms with E-state index in [9.17, 15) is 4.79 Å². The number of nitrogens with zero attached hydrogens (tertiary/aromatic N) is 1. The number of piperidine rings is 1. The number of halogens is 1. The van der Waals surface area contributed by atoms with Gasteiger partial charge in [-0.3, -0.25) is 4.79 Å². The van der Waals surface area contributed by atoms with Crippen molar-refractivity contribution in [1.82, 2.24) is 10.2 Å². The first-order chi connectivity index (χ1) is 8.69. The molecule has 2 aliphatic rings. The molecule has 3 nitrogen and oxygen atoms in total. The largest absolute Gasteiger partial charge is 0.342 e. The van der Waals surface area contributed by atoms with Crippen molar-refractivity contribution in [2.24, 2.45) is 11.3 Å². The summed E-state index contributed by atoms with van der Waals surface area (Å²) < 4.78 is 0. The van der Waals surface area contributed by atoms with Gasteiger partial charge in [0.2, 0.25) is 5.91 Å². The van der Waals surface area contributed by atoms with Crippen molar-refractivity contribution in [2.45, 2.75) is 52.4 Å². The molecule has 2 rings (SSSR count). The molecule has 2 aliphatic heterocycles. The molecule has 19 heavy (non-hydrogen) atoms. The summed E-state index contributed by atoms with van der Waals surface area (Å²) in [5.41, 5.74) is 0.420. The van der Waals surface area contributed by atoms with Crippen molar-refractivity contribution in [1.29, 1.82) is 0 Å². The van der Waals surface area contributed by atoms with Crippen LogP contribution in [0, 0.1) is 11.3 Å². The molecule has 0 aromatic heterocycles. The summed E-state index contributed by atoms with van der Waals surface area (Å²) >= 11 is 0. The van der Waals surface area contributed by atoms with E-state index in [1.165, 1.54) is 32.1 Å². The summed E-state index contributed by atoms with van der Waals surface area (Å²) in [4.78, 5) is 14.5. The Kier molecular flexibility index (Phi) is 6.61. The van der Waals surface area contributed by atoms with Crippen LogP contribution in [0.4, 0.5) is 0 Å². The van der Waals surface area contributed by atoms with Crippen LogP contribution in [0.3, 0.4) is 0 Å². The third kappa shape index (κ3) is 4.09. The van der Waals surface area contributed by atoms with Crippen molar-refractivity contribution in [3.05, 3.63) is 0 Å². The Balaban J connectivity index is 0.00000180. The minimum atomic E-state index is 0. The number of hydrogen-bond donors (Lipinski definition) is 1. The van der Waals surface area contributed by atoms with Gasteiger partial charge in [0.25, 0.3) is 0 Å². The monoisotopic (exact) mass is 288 g/mol. The first-order valence-corrected chi connectivity index (χ1v) is 7.67. The van der Waals surface area contributed by atoms with Gasteiger partial charge in [-0.25, -0.2) is 0 Å². The van der Waals surface area contributed by atoms with Crippen molar-refractivity contribution in [3.8, 4) is 0 Å². The van der Waals surface area contributed by atoms with Gasteiger partial charge >= 0.3 is 0 Å². The first kappa shape index (κ1) is 16.8. The third-order valence-electron chi connectivity index (χ3n) is 5.21. The average molecular weight is 289 g/mol. The Morgan fingerprint density at radius 2 is 1.89 bits per heavy atom. The number of amides is 1. The zero-order chi connectivity index (χ0) is 13.0. The van der Waals surface area contributed by atoms with E-state index in [0.29, 0.717) is 17.2 Å². The van der Waals surface area contributed by atoms with Crippen LogP contribution in [-0.4, -0.2) is 37.0 Å². The molecule has 0 aliphatic carbocycles. The smallest absolute Gasteiger partial charge is 0.222 e. The van der Waals surface area contributed by atoms with Gasteiger partial charge in [-0.15, -0.1) is 12.4 Å². The predicted octanol–water partition coefficient (Wildman–Crippen LogP) is 2.84. The number of rotatable bonds is 4. The lowest BCUT2D eigenvalue weighted by atomic mass is 9.82. The number of carbonyl (C=O) groups is 1. The molecular formula is C15H29ClN2O. The topological polar surface area (TPSA) is 32.3 Å². The lowest BCUT2D eigenvalue weighted by molar-refractivity contribution is -0.131. The van der Waals surface area contributed by atoms with Crippen molar-refractivity contribution < 1.29 is 4.79 Å². The number of carbonyl (C=O) groups excluding carboxylic acids is 1. The summed E-state index contributed by atoms with van der Waals surface area (Å²) in [6.07, 6.45) is 6.75. The second-order valence-corrected chi connectivity index (χ2v) is 6.17. The molecule has 0 spiro atoms. The molecule has 1 N–H and O–H groups in total. The van der Waals surface area contributed by atoms with E-state index in [-0.39, 0.29) is 12.4 Å². The van der Waals surface area contributed by atoms with Crippen molar-refractivity contribution in [3.63, 3.8) is 0 Å². The average Bonchev–Trinajstić information content (AvgIpc) is 2.85. The Labute approximate surface area is 123 Å². The summed E-state index contributed by atoms with van der Waals surface area (Å²) in [6.45, 7) is 8.71. The third-order valence-corrected chi connectivity index (χ3v) is 5.21. The quantitative estimate of drug-likeness (QED) is 0.863. The van der Waals surface area contributed by atoms with Gasteiger partial charge < -0.3 is 10.2 Å². The van der Waals surface area contributed by atoms with Gasteiger partial charge in [-0.1, -0.05) is 13.8 Å². The molecule has 2 heterocycles. The number of hydrogen-bond acceptors (Lipinski definition) is 2. The maximum atomic E-state index is 12.3. The van der Waals surface area contributed by atoms with Crippen LogP contribution < -0.4 is 5.32 Å². The number of likely N-dealkylation sites (tertiary alicyclic amines) is 1. The summed E-state index contributed by atoms with van der Waals surface area (Å²) in [7, 11) is 0. The Morgan fingerprint density at radius 1 is 1.26 bits per heavy atom. The summed E-state index contributed by atoms with van der Waals surface area (Å²) in [6, 6.07) is 0. The normalized spacial score (nSPS) is 23.2. The molecule has 1 amide bonds. The SMILES string of the molecule is CCC1(CC)CCN(C(=O)CC2CCNCC2)C1.Cl. The van der Waals surface area contributed by atoms with Gasteiger partial charge in [0.1, 0.15) is 0 Å². The predicted molar refractivity (Wildman–Crippen MR) is 81.7 cm³/mol. The molecule has 4 heteroatoms.